The lowest BCUT2D eigenvalue weighted by molar-refractivity contribution is -0.121. The van der Waals surface area contributed by atoms with Crippen molar-refractivity contribution in [2.45, 2.75) is 44.1 Å². The maximum Gasteiger partial charge on any atom is 0.250 e. The van der Waals surface area contributed by atoms with E-state index in [0.717, 1.165) is 25.7 Å². The van der Waals surface area contributed by atoms with Gasteiger partial charge in [-0.25, -0.2) is 4.39 Å². The molecule has 1 aromatic rings. The molecule has 4 nitrogen and oxygen atoms in total. The van der Waals surface area contributed by atoms with Crippen LogP contribution in [-0.4, -0.2) is 24.7 Å². The molecule has 0 aromatic heterocycles. The van der Waals surface area contributed by atoms with Gasteiger partial charge in [0.1, 0.15) is 12.4 Å². The standard InChI is InChI=1S/C16H23FN2O2/c17-13-6-5-7-14(10-13)19-15(20)11-21-12-16(18)8-3-1-2-4-9-16/h5-7,10H,1-4,8-9,11-12,18H2,(H,19,20). The number of nitrogens with two attached hydrogens (primary N) is 1. The summed E-state index contributed by atoms with van der Waals surface area (Å²) in [5.74, 6) is -0.675. The molecule has 1 saturated carbocycles. The number of hydrogen-bond donors (Lipinski definition) is 2. The fourth-order valence-corrected chi connectivity index (χ4v) is 2.69. The number of carbonyl (C=O) groups excluding carboxylic acids is 1. The lowest BCUT2D eigenvalue weighted by Gasteiger charge is -2.27. The molecule has 0 bridgehead atoms. The maximum atomic E-state index is 13.0. The van der Waals surface area contributed by atoms with E-state index in [4.69, 9.17) is 10.5 Å². The van der Waals surface area contributed by atoms with Crippen LogP contribution in [0.5, 0.6) is 0 Å². The summed E-state index contributed by atoms with van der Waals surface area (Å²) in [6.07, 6.45) is 6.57. The third-order valence-corrected chi connectivity index (χ3v) is 3.83. The summed E-state index contributed by atoms with van der Waals surface area (Å²) in [6, 6.07) is 5.78. The lowest BCUT2D eigenvalue weighted by atomic mass is 9.93. The topological polar surface area (TPSA) is 64.3 Å². The molecule has 116 valence electrons. The first-order valence-electron chi connectivity index (χ1n) is 7.49. The number of hydrogen-bond acceptors (Lipinski definition) is 3. The van der Waals surface area contributed by atoms with Gasteiger partial charge in [0.25, 0.3) is 0 Å². The van der Waals surface area contributed by atoms with E-state index in [9.17, 15) is 9.18 Å². The molecule has 21 heavy (non-hydrogen) atoms. The number of amides is 1. The molecule has 0 aliphatic heterocycles. The number of carbonyl (C=O) groups is 1. The van der Waals surface area contributed by atoms with Crippen molar-refractivity contribution in [1.82, 2.24) is 0 Å². The monoisotopic (exact) mass is 294 g/mol. The van der Waals surface area contributed by atoms with Crippen molar-refractivity contribution in [1.29, 1.82) is 0 Å². The summed E-state index contributed by atoms with van der Waals surface area (Å²) < 4.78 is 18.5. The molecular weight excluding hydrogens is 271 g/mol. The lowest BCUT2D eigenvalue weighted by Crippen LogP contribution is -2.44. The Morgan fingerprint density at radius 2 is 2.00 bits per heavy atom. The molecule has 5 heteroatoms. The van der Waals surface area contributed by atoms with Crippen LogP contribution in [0.3, 0.4) is 0 Å². The molecular formula is C16H23FN2O2. The summed E-state index contributed by atoms with van der Waals surface area (Å²) in [6.45, 7) is 0.332. The van der Waals surface area contributed by atoms with Crippen LogP contribution >= 0.6 is 0 Å². The molecule has 1 aliphatic carbocycles. The van der Waals surface area contributed by atoms with Gasteiger partial charge in [0.15, 0.2) is 0 Å². The van der Waals surface area contributed by atoms with Crippen molar-refractivity contribution < 1.29 is 13.9 Å². The number of anilines is 1. The molecule has 0 radical (unpaired) electrons. The summed E-state index contributed by atoms with van der Waals surface area (Å²) in [7, 11) is 0. The van der Waals surface area contributed by atoms with E-state index >= 15 is 0 Å². The highest BCUT2D eigenvalue weighted by Gasteiger charge is 2.26. The van der Waals surface area contributed by atoms with Crippen molar-refractivity contribution in [3.05, 3.63) is 30.1 Å². The minimum Gasteiger partial charge on any atom is -0.370 e. The summed E-state index contributed by atoms with van der Waals surface area (Å²) in [5.41, 5.74) is 6.43. The second-order valence-corrected chi connectivity index (χ2v) is 5.83. The molecule has 0 saturated heterocycles. The SMILES string of the molecule is NC1(COCC(=O)Nc2cccc(F)c2)CCCCCC1. The highest BCUT2D eigenvalue weighted by Crippen LogP contribution is 2.25. The van der Waals surface area contributed by atoms with Gasteiger partial charge in [-0.15, -0.1) is 0 Å². The number of nitrogens with one attached hydrogen (secondary N) is 1. The summed E-state index contributed by atoms with van der Waals surface area (Å²) in [5, 5.41) is 2.60. The van der Waals surface area contributed by atoms with Crippen molar-refractivity contribution in [2.75, 3.05) is 18.5 Å². The molecule has 3 N–H and O–H groups in total. The Hall–Kier alpha value is -1.46. The molecule has 0 unspecified atom stereocenters. The third kappa shape index (κ3) is 5.44. The van der Waals surface area contributed by atoms with E-state index in [-0.39, 0.29) is 23.9 Å². The van der Waals surface area contributed by atoms with Gasteiger partial charge in [-0.1, -0.05) is 31.7 Å². The second kappa shape index (κ2) is 7.52. The van der Waals surface area contributed by atoms with Crippen LogP contribution in [-0.2, 0) is 9.53 Å². The predicted molar refractivity (Wildman–Crippen MR) is 80.5 cm³/mol. The van der Waals surface area contributed by atoms with Gasteiger partial charge in [0.05, 0.1) is 6.61 Å². The van der Waals surface area contributed by atoms with Crippen LogP contribution in [0, 0.1) is 5.82 Å². The van der Waals surface area contributed by atoms with Crippen molar-refractivity contribution >= 4 is 11.6 Å². The first-order valence-corrected chi connectivity index (χ1v) is 7.49. The van der Waals surface area contributed by atoms with E-state index in [1.165, 1.54) is 25.0 Å². The fourth-order valence-electron chi connectivity index (χ4n) is 2.69. The molecule has 0 spiro atoms. The zero-order chi connectivity index (χ0) is 15.1. The molecule has 2 rings (SSSR count). The smallest absolute Gasteiger partial charge is 0.250 e. The van der Waals surface area contributed by atoms with E-state index in [2.05, 4.69) is 5.32 Å². The van der Waals surface area contributed by atoms with Crippen LogP contribution in [0.2, 0.25) is 0 Å². The number of rotatable bonds is 5. The van der Waals surface area contributed by atoms with Crippen LogP contribution < -0.4 is 11.1 Å². The number of benzene rings is 1. The third-order valence-electron chi connectivity index (χ3n) is 3.83. The Bertz CT molecular complexity index is 471. The van der Waals surface area contributed by atoms with Crippen LogP contribution in [0.1, 0.15) is 38.5 Å². The molecule has 1 amide bonds. The van der Waals surface area contributed by atoms with Crippen LogP contribution in [0.25, 0.3) is 0 Å². The van der Waals surface area contributed by atoms with Gasteiger partial charge in [0.2, 0.25) is 5.91 Å². The van der Waals surface area contributed by atoms with E-state index in [0.29, 0.717) is 12.3 Å². The van der Waals surface area contributed by atoms with Gasteiger partial charge >= 0.3 is 0 Å². The summed E-state index contributed by atoms with van der Waals surface area (Å²) >= 11 is 0. The predicted octanol–water partition coefficient (Wildman–Crippen LogP) is 2.83. The Morgan fingerprint density at radius 3 is 2.67 bits per heavy atom. The van der Waals surface area contributed by atoms with Crippen LogP contribution in [0.4, 0.5) is 10.1 Å². The van der Waals surface area contributed by atoms with Gasteiger partial charge in [-0.05, 0) is 31.0 Å². The Morgan fingerprint density at radius 1 is 1.29 bits per heavy atom. The summed E-state index contributed by atoms with van der Waals surface area (Å²) in [4.78, 5) is 11.7. The fraction of sp³-hybridized carbons (Fsp3) is 0.562. The zero-order valence-corrected chi connectivity index (χ0v) is 12.2. The van der Waals surface area contributed by atoms with E-state index in [1.54, 1.807) is 12.1 Å². The quantitative estimate of drug-likeness (QED) is 0.821. The highest BCUT2D eigenvalue weighted by molar-refractivity contribution is 5.91. The first-order chi connectivity index (χ1) is 10.1. The van der Waals surface area contributed by atoms with E-state index < -0.39 is 0 Å². The Kier molecular flexibility index (Phi) is 5.70. The van der Waals surface area contributed by atoms with Gasteiger partial charge < -0.3 is 15.8 Å². The van der Waals surface area contributed by atoms with Crippen molar-refractivity contribution in [3.8, 4) is 0 Å². The minimum absolute atomic E-state index is 0.0601. The molecule has 0 heterocycles. The molecule has 1 fully saturated rings. The first kappa shape index (κ1) is 15.9. The van der Waals surface area contributed by atoms with Crippen LogP contribution in [0.15, 0.2) is 24.3 Å². The number of halogens is 1. The second-order valence-electron chi connectivity index (χ2n) is 5.83. The number of ether oxygens (including phenoxy) is 1. The molecule has 1 aliphatic rings. The van der Waals surface area contributed by atoms with Gasteiger partial charge in [-0.3, -0.25) is 4.79 Å². The average Bonchev–Trinajstić information content (AvgIpc) is 2.64. The van der Waals surface area contributed by atoms with Gasteiger partial charge in [-0.2, -0.15) is 0 Å². The highest BCUT2D eigenvalue weighted by atomic mass is 19.1. The maximum absolute atomic E-state index is 13.0. The van der Waals surface area contributed by atoms with Crippen molar-refractivity contribution in [2.24, 2.45) is 5.73 Å². The zero-order valence-electron chi connectivity index (χ0n) is 12.2. The average molecular weight is 294 g/mol. The van der Waals surface area contributed by atoms with Crippen molar-refractivity contribution in [3.63, 3.8) is 0 Å². The Labute approximate surface area is 124 Å². The molecule has 1 aromatic carbocycles. The van der Waals surface area contributed by atoms with E-state index in [1.807, 2.05) is 0 Å². The normalized spacial score (nSPS) is 18.0. The largest absolute Gasteiger partial charge is 0.370 e. The Balaban J connectivity index is 1.73. The molecule has 0 atom stereocenters. The van der Waals surface area contributed by atoms with Gasteiger partial charge in [0, 0.05) is 11.2 Å². The minimum atomic E-state index is -0.381.